The van der Waals surface area contributed by atoms with Crippen LogP contribution in [0.15, 0.2) is 12.3 Å². The van der Waals surface area contributed by atoms with Crippen LogP contribution in [-0.2, 0) is 9.59 Å². The lowest BCUT2D eigenvalue weighted by atomic mass is 10.0. The van der Waals surface area contributed by atoms with Crippen molar-refractivity contribution in [2.75, 3.05) is 5.43 Å². The number of nitrogens with one attached hydrogen (secondary N) is 2. The van der Waals surface area contributed by atoms with Gasteiger partial charge in [-0.05, 0) is 12.0 Å². The smallest absolute Gasteiger partial charge is 0.303 e. The molecule has 1 atom stereocenters. The first kappa shape index (κ1) is 15.5. The molecular formula is C11H13Cl2N3O3. The second-order valence-electron chi connectivity index (χ2n) is 4.06. The standard InChI is InChI=1S/C11H13Cl2N3O3/c1-6(3-10(18)19)2-9(17)15-16-11-8(13)4-7(12)5-14-11/h4-6H,2-3H2,1H3,(H,14,16)(H,15,17)(H,18,19). The number of aliphatic carboxylic acids is 1. The van der Waals surface area contributed by atoms with Gasteiger partial charge in [0.15, 0.2) is 5.82 Å². The van der Waals surface area contributed by atoms with Gasteiger partial charge in [0.1, 0.15) is 0 Å². The van der Waals surface area contributed by atoms with Crippen molar-refractivity contribution in [3.8, 4) is 0 Å². The van der Waals surface area contributed by atoms with Crippen LogP contribution in [0.5, 0.6) is 0 Å². The molecule has 1 heterocycles. The molecule has 0 aromatic carbocycles. The molecule has 0 saturated heterocycles. The number of pyridine rings is 1. The van der Waals surface area contributed by atoms with Gasteiger partial charge in [-0.2, -0.15) is 0 Å². The fraction of sp³-hybridized carbons (Fsp3) is 0.364. The second-order valence-corrected chi connectivity index (χ2v) is 4.91. The first-order chi connectivity index (χ1) is 8.88. The van der Waals surface area contributed by atoms with E-state index in [9.17, 15) is 9.59 Å². The average Bonchev–Trinajstić information content (AvgIpc) is 2.26. The topological polar surface area (TPSA) is 91.3 Å². The molecule has 1 aromatic heterocycles. The Morgan fingerprint density at radius 2 is 2.11 bits per heavy atom. The highest BCUT2D eigenvalue weighted by molar-refractivity contribution is 6.35. The number of carbonyl (C=O) groups excluding carboxylic acids is 1. The lowest BCUT2D eigenvalue weighted by Gasteiger charge is -2.11. The number of rotatable bonds is 6. The number of amides is 1. The molecule has 0 fully saturated rings. The van der Waals surface area contributed by atoms with Crippen LogP contribution in [0.25, 0.3) is 0 Å². The van der Waals surface area contributed by atoms with Gasteiger partial charge >= 0.3 is 5.97 Å². The Bertz CT molecular complexity index is 482. The highest BCUT2D eigenvalue weighted by Crippen LogP contribution is 2.21. The van der Waals surface area contributed by atoms with Crippen LogP contribution < -0.4 is 10.9 Å². The van der Waals surface area contributed by atoms with Gasteiger partial charge in [0.2, 0.25) is 5.91 Å². The molecule has 0 saturated carbocycles. The molecule has 0 aliphatic carbocycles. The number of aromatic nitrogens is 1. The molecule has 0 radical (unpaired) electrons. The summed E-state index contributed by atoms with van der Waals surface area (Å²) in [6.45, 7) is 1.68. The third-order valence-corrected chi connectivity index (χ3v) is 2.68. The highest BCUT2D eigenvalue weighted by Gasteiger charge is 2.12. The van der Waals surface area contributed by atoms with Crippen molar-refractivity contribution in [3.05, 3.63) is 22.3 Å². The zero-order chi connectivity index (χ0) is 14.4. The molecule has 104 valence electrons. The van der Waals surface area contributed by atoms with Crippen molar-refractivity contribution in [3.63, 3.8) is 0 Å². The van der Waals surface area contributed by atoms with Crippen molar-refractivity contribution in [1.29, 1.82) is 0 Å². The number of nitrogens with zero attached hydrogens (tertiary/aromatic N) is 1. The molecule has 6 nitrogen and oxygen atoms in total. The van der Waals surface area contributed by atoms with Crippen LogP contribution in [0.4, 0.5) is 5.82 Å². The number of hydrogen-bond donors (Lipinski definition) is 3. The summed E-state index contributed by atoms with van der Waals surface area (Å²) in [5.74, 6) is -1.27. The first-order valence-corrected chi connectivity index (χ1v) is 6.21. The Morgan fingerprint density at radius 1 is 1.42 bits per heavy atom. The normalized spacial score (nSPS) is 11.7. The molecule has 1 aromatic rings. The molecule has 0 bridgehead atoms. The third kappa shape index (κ3) is 5.76. The Hall–Kier alpha value is -1.53. The van der Waals surface area contributed by atoms with Crippen molar-refractivity contribution >= 4 is 40.9 Å². The maximum absolute atomic E-state index is 11.5. The summed E-state index contributed by atoms with van der Waals surface area (Å²) in [6, 6.07) is 1.48. The van der Waals surface area contributed by atoms with Crippen LogP contribution in [0, 0.1) is 5.92 Å². The SMILES string of the molecule is CC(CC(=O)O)CC(=O)NNc1ncc(Cl)cc1Cl. The predicted octanol–water partition coefficient (Wildman–Crippen LogP) is 2.33. The van der Waals surface area contributed by atoms with Crippen LogP contribution in [0.3, 0.4) is 0 Å². The van der Waals surface area contributed by atoms with Gasteiger partial charge in [0, 0.05) is 19.0 Å². The number of anilines is 1. The van der Waals surface area contributed by atoms with Gasteiger partial charge in [-0.15, -0.1) is 0 Å². The Morgan fingerprint density at radius 3 is 2.68 bits per heavy atom. The summed E-state index contributed by atoms with van der Waals surface area (Å²) in [5.41, 5.74) is 4.94. The summed E-state index contributed by atoms with van der Waals surface area (Å²) in [4.78, 5) is 25.9. The van der Waals surface area contributed by atoms with E-state index in [2.05, 4.69) is 15.8 Å². The Balaban J connectivity index is 2.43. The Labute approximate surface area is 120 Å². The summed E-state index contributed by atoms with van der Waals surface area (Å²) < 4.78 is 0. The van der Waals surface area contributed by atoms with Gasteiger partial charge < -0.3 is 5.11 Å². The zero-order valence-corrected chi connectivity index (χ0v) is 11.6. The molecule has 1 amide bonds. The molecule has 0 aliphatic heterocycles. The zero-order valence-electron chi connectivity index (χ0n) is 10.1. The van der Waals surface area contributed by atoms with Gasteiger partial charge in [-0.3, -0.25) is 20.4 Å². The first-order valence-electron chi connectivity index (χ1n) is 5.46. The summed E-state index contributed by atoms with van der Waals surface area (Å²) in [7, 11) is 0. The van der Waals surface area contributed by atoms with Crippen LogP contribution >= 0.6 is 23.2 Å². The van der Waals surface area contributed by atoms with Crippen molar-refractivity contribution in [1.82, 2.24) is 10.4 Å². The largest absolute Gasteiger partial charge is 0.481 e. The van der Waals surface area contributed by atoms with Crippen molar-refractivity contribution < 1.29 is 14.7 Å². The molecule has 3 N–H and O–H groups in total. The van der Waals surface area contributed by atoms with E-state index in [1.807, 2.05) is 0 Å². The maximum atomic E-state index is 11.5. The van der Waals surface area contributed by atoms with E-state index in [1.165, 1.54) is 12.3 Å². The summed E-state index contributed by atoms with van der Waals surface area (Å²) in [5, 5.41) is 9.24. The number of carbonyl (C=O) groups is 2. The molecule has 0 spiro atoms. The lowest BCUT2D eigenvalue weighted by molar-refractivity contribution is -0.138. The third-order valence-electron chi connectivity index (χ3n) is 2.19. The quantitative estimate of drug-likeness (QED) is 0.702. The lowest BCUT2D eigenvalue weighted by Crippen LogP contribution is -2.31. The van der Waals surface area contributed by atoms with Crippen molar-refractivity contribution in [2.45, 2.75) is 19.8 Å². The van der Waals surface area contributed by atoms with Gasteiger partial charge in [-0.1, -0.05) is 30.1 Å². The number of halogens is 2. The minimum atomic E-state index is -0.935. The van der Waals surface area contributed by atoms with E-state index in [4.69, 9.17) is 28.3 Å². The van der Waals surface area contributed by atoms with E-state index < -0.39 is 5.97 Å². The fourth-order valence-electron chi connectivity index (χ4n) is 1.37. The summed E-state index contributed by atoms with van der Waals surface area (Å²) in [6.07, 6.45) is 1.41. The average molecular weight is 306 g/mol. The Kier molecular flexibility index (Phi) is 5.85. The van der Waals surface area contributed by atoms with E-state index in [0.29, 0.717) is 5.02 Å². The monoisotopic (exact) mass is 305 g/mol. The number of hydrazine groups is 1. The minimum Gasteiger partial charge on any atom is -0.481 e. The van der Waals surface area contributed by atoms with E-state index >= 15 is 0 Å². The van der Waals surface area contributed by atoms with Gasteiger partial charge in [-0.25, -0.2) is 4.98 Å². The van der Waals surface area contributed by atoms with Crippen LogP contribution in [0.2, 0.25) is 10.0 Å². The number of carboxylic acids is 1. The maximum Gasteiger partial charge on any atom is 0.303 e. The molecule has 0 aliphatic rings. The predicted molar refractivity (Wildman–Crippen MR) is 72.1 cm³/mol. The second kappa shape index (κ2) is 7.16. The highest BCUT2D eigenvalue weighted by atomic mass is 35.5. The van der Waals surface area contributed by atoms with Crippen molar-refractivity contribution in [2.24, 2.45) is 5.92 Å². The van der Waals surface area contributed by atoms with Gasteiger partial charge in [0.05, 0.1) is 10.0 Å². The van der Waals surface area contributed by atoms with Crippen LogP contribution in [0.1, 0.15) is 19.8 Å². The fourth-order valence-corrected chi connectivity index (χ4v) is 1.80. The molecular weight excluding hydrogens is 293 g/mol. The van der Waals surface area contributed by atoms with E-state index in [-0.39, 0.29) is 35.5 Å². The van der Waals surface area contributed by atoms with Gasteiger partial charge in [0.25, 0.3) is 0 Å². The van der Waals surface area contributed by atoms with E-state index in [1.54, 1.807) is 6.92 Å². The molecule has 19 heavy (non-hydrogen) atoms. The van der Waals surface area contributed by atoms with E-state index in [0.717, 1.165) is 0 Å². The summed E-state index contributed by atoms with van der Waals surface area (Å²) >= 11 is 11.5. The molecule has 1 unspecified atom stereocenters. The molecule has 1 rings (SSSR count). The number of hydrogen-bond acceptors (Lipinski definition) is 4. The van der Waals surface area contributed by atoms with Crippen LogP contribution in [-0.4, -0.2) is 22.0 Å². The minimum absolute atomic E-state index is 0.0621. The number of carboxylic acid groups (broad SMARTS) is 1. The molecule has 8 heteroatoms.